The van der Waals surface area contributed by atoms with Crippen LogP contribution in [0.25, 0.3) is 22.5 Å². The van der Waals surface area contributed by atoms with Crippen molar-refractivity contribution in [2.24, 2.45) is 5.92 Å². The second kappa shape index (κ2) is 11.0. The number of aryl methyl sites for hydroxylation is 1. The van der Waals surface area contributed by atoms with Crippen molar-refractivity contribution in [2.75, 3.05) is 0 Å². The van der Waals surface area contributed by atoms with E-state index in [0.29, 0.717) is 12.4 Å². The number of aromatic nitrogens is 7. The van der Waals surface area contributed by atoms with Gasteiger partial charge in [0.05, 0.1) is 12.2 Å². The molecule has 2 atom stereocenters. The van der Waals surface area contributed by atoms with Crippen LogP contribution >= 0.6 is 0 Å². The first kappa shape index (κ1) is 24.8. The number of rotatable bonds is 9. The molecule has 0 saturated heterocycles. The zero-order valence-corrected chi connectivity index (χ0v) is 21.4. The van der Waals surface area contributed by atoms with Crippen LogP contribution < -0.4 is 5.69 Å². The Morgan fingerprint density at radius 3 is 2.70 bits per heavy atom. The molecule has 0 radical (unpaired) electrons. The van der Waals surface area contributed by atoms with Crippen molar-refractivity contribution in [3.05, 3.63) is 70.7 Å². The molecule has 2 unspecified atom stereocenters. The monoisotopic (exact) mass is 499 g/mol. The zero-order valence-electron chi connectivity index (χ0n) is 21.4. The van der Waals surface area contributed by atoms with Gasteiger partial charge in [-0.3, -0.25) is 18.9 Å². The Morgan fingerprint density at radius 2 is 1.92 bits per heavy atom. The molecule has 1 aliphatic rings. The molecule has 0 spiro atoms. The Balaban J connectivity index is 1.47. The van der Waals surface area contributed by atoms with Gasteiger partial charge in [0, 0.05) is 35.6 Å². The first-order valence-corrected chi connectivity index (χ1v) is 13.2. The minimum atomic E-state index is -0.0886. The van der Waals surface area contributed by atoms with E-state index in [1.165, 1.54) is 0 Å². The SMILES string of the molecule is CCCCc1cn(C2CCCCC2C(C)=O)c(=O)n1Cc1cc(-c2cccc(-c3nn[nH]n3)c2)ccn1. The van der Waals surface area contributed by atoms with Crippen molar-refractivity contribution in [1.29, 1.82) is 0 Å². The maximum atomic E-state index is 13.7. The Bertz CT molecular complexity index is 1420. The predicted octanol–water partition coefficient (Wildman–Crippen LogP) is 4.60. The van der Waals surface area contributed by atoms with Crippen molar-refractivity contribution in [3.8, 4) is 22.5 Å². The van der Waals surface area contributed by atoms with E-state index in [1.807, 2.05) is 51.7 Å². The normalized spacial score (nSPS) is 17.7. The Kier molecular flexibility index (Phi) is 7.39. The van der Waals surface area contributed by atoms with Crippen LogP contribution in [0.15, 0.2) is 53.6 Å². The molecule has 1 saturated carbocycles. The quantitative estimate of drug-likeness (QED) is 0.360. The second-order valence-corrected chi connectivity index (χ2v) is 9.92. The molecule has 3 heterocycles. The number of hydrogen-bond acceptors (Lipinski definition) is 6. The zero-order chi connectivity index (χ0) is 25.8. The molecule has 1 aromatic carbocycles. The number of unbranched alkanes of at least 4 members (excludes halogenated alkanes) is 1. The summed E-state index contributed by atoms with van der Waals surface area (Å²) in [6.45, 7) is 4.20. The number of Topliss-reactive ketones (excluding diaryl/α,β-unsaturated/α-hetero) is 1. The van der Waals surface area contributed by atoms with E-state index < -0.39 is 0 Å². The highest BCUT2D eigenvalue weighted by atomic mass is 16.2. The molecular formula is C28H33N7O2. The molecule has 192 valence electrons. The number of hydrogen-bond donors (Lipinski definition) is 1. The second-order valence-electron chi connectivity index (χ2n) is 9.92. The molecule has 0 aliphatic heterocycles. The fraction of sp³-hybridized carbons (Fsp3) is 0.429. The average Bonchev–Trinajstić information content (AvgIpc) is 3.57. The number of carbonyl (C=O) groups excluding carboxylic acids is 1. The van der Waals surface area contributed by atoms with Crippen LogP contribution in [0.1, 0.15) is 69.8 Å². The van der Waals surface area contributed by atoms with Gasteiger partial charge in [-0.15, -0.1) is 10.2 Å². The van der Waals surface area contributed by atoms with Crippen LogP contribution in [0, 0.1) is 5.92 Å². The van der Waals surface area contributed by atoms with E-state index in [2.05, 4.69) is 32.5 Å². The maximum absolute atomic E-state index is 13.7. The summed E-state index contributed by atoms with van der Waals surface area (Å²) in [6.07, 6.45) is 10.5. The smallest absolute Gasteiger partial charge is 0.300 e. The Morgan fingerprint density at radius 1 is 1.11 bits per heavy atom. The van der Waals surface area contributed by atoms with Gasteiger partial charge in [0.2, 0.25) is 5.82 Å². The summed E-state index contributed by atoms with van der Waals surface area (Å²) in [5.41, 5.74) is 4.65. The maximum Gasteiger partial charge on any atom is 0.328 e. The molecule has 1 aliphatic carbocycles. The predicted molar refractivity (Wildman–Crippen MR) is 141 cm³/mol. The van der Waals surface area contributed by atoms with E-state index in [4.69, 9.17) is 0 Å². The summed E-state index contributed by atoms with van der Waals surface area (Å²) in [4.78, 5) is 30.7. The lowest BCUT2D eigenvalue weighted by Gasteiger charge is -2.30. The number of nitrogens with zero attached hydrogens (tertiary/aromatic N) is 6. The number of imidazole rings is 1. The van der Waals surface area contributed by atoms with Gasteiger partial charge < -0.3 is 0 Å². The summed E-state index contributed by atoms with van der Waals surface area (Å²) in [5.74, 6) is 0.627. The highest BCUT2D eigenvalue weighted by Crippen LogP contribution is 2.34. The molecule has 0 amide bonds. The Hall–Kier alpha value is -3.88. The van der Waals surface area contributed by atoms with E-state index in [9.17, 15) is 9.59 Å². The van der Waals surface area contributed by atoms with Gasteiger partial charge in [-0.1, -0.05) is 44.4 Å². The fourth-order valence-electron chi connectivity index (χ4n) is 5.46. The number of tetrazole rings is 1. The number of carbonyl (C=O) groups is 1. The van der Waals surface area contributed by atoms with E-state index in [-0.39, 0.29) is 23.4 Å². The highest BCUT2D eigenvalue weighted by Gasteiger charge is 2.32. The van der Waals surface area contributed by atoms with Crippen molar-refractivity contribution in [3.63, 3.8) is 0 Å². The third kappa shape index (κ3) is 5.30. The molecule has 37 heavy (non-hydrogen) atoms. The van der Waals surface area contributed by atoms with Crippen LogP contribution in [0.3, 0.4) is 0 Å². The van der Waals surface area contributed by atoms with Crippen molar-refractivity contribution < 1.29 is 4.79 Å². The van der Waals surface area contributed by atoms with Crippen LogP contribution in [-0.4, -0.2) is 40.5 Å². The minimum Gasteiger partial charge on any atom is -0.300 e. The summed E-state index contributed by atoms with van der Waals surface area (Å²) >= 11 is 0. The molecule has 1 fully saturated rings. The van der Waals surface area contributed by atoms with E-state index >= 15 is 0 Å². The average molecular weight is 500 g/mol. The van der Waals surface area contributed by atoms with Gasteiger partial charge in [-0.2, -0.15) is 5.21 Å². The van der Waals surface area contributed by atoms with Gasteiger partial charge in [-0.25, -0.2) is 4.79 Å². The molecule has 1 N–H and O–H groups in total. The molecule has 4 aromatic rings. The Labute approximate surface area is 216 Å². The molecule has 5 rings (SSSR count). The molecule has 3 aromatic heterocycles. The number of aromatic amines is 1. The van der Waals surface area contributed by atoms with Crippen LogP contribution in [0.2, 0.25) is 0 Å². The lowest BCUT2D eigenvalue weighted by molar-refractivity contribution is -0.123. The van der Waals surface area contributed by atoms with Gasteiger partial charge in [0.25, 0.3) is 0 Å². The summed E-state index contributed by atoms with van der Waals surface area (Å²) < 4.78 is 3.69. The standard InChI is InChI=1S/C28H33N7O2/c1-3-4-10-24-18-35(26-12-6-5-11-25(26)19(2)36)28(37)34(24)17-23-16-21(13-14-29-23)20-8-7-9-22(15-20)27-30-32-33-31-27/h7-9,13-16,18,25-26H,3-6,10-12,17H2,1-2H3,(H,30,31,32,33). The number of pyridine rings is 1. The number of nitrogens with one attached hydrogen (secondary N) is 1. The molecule has 0 bridgehead atoms. The lowest BCUT2D eigenvalue weighted by Crippen LogP contribution is -2.35. The fourth-order valence-corrected chi connectivity index (χ4v) is 5.46. The summed E-state index contributed by atoms with van der Waals surface area (Å²) in [7, 11) is 0. The molecular weight excluding hydrogens is 466 g/mol. The topological polar surface area (TPSA) is 111 Å². The third-order valence-corrected chi connectivity index (χ3v) is 7.42. The van der Waals surface area contributed by atoms with Crippen LogP contribution in [0.4, 0.5) is 0 Å². The van der Waals surface area contributed by atoms with Gasteiger partial charge >= 0.3 is 5.69 Å². The number of benzene rings is 1. The number of H-pyrrole nitrogens is 1. The number of ketones is 1. The van der Waals surface area contributed by atoms with Crippen molar-refractivity contribution >= 4 is 5.78 Å². The largest absolute Gasteiger partial charge is 0.328 e. The van der Waals surface area contributed by atoms with Gasteiger partial charge in [0.1, 0.15) is 5.78 Å². The summed E-state index contributed by atoms with van der Waals surface area (Å²) in [6, 6.07) is 11.9. The summed E-state index contributed by atoms with van der Waals surface area (Å²) in [5, 5.41) is 14.3. The van der Waals surface area contributed by atoms with E-state index in [0.717, 1.165) is 73.0 Å². The van der Waals surface area contributed by atoms with Crippen LogP contribution in [-0.2, 0) is 17.8 Å². The molecule has 9 nitrogen and oxygen atoms in total. The highest BCUT2D eigenvalue weighted by molar-refractivity contribution is 5.79. The van der Waals surface area contributed by atoms with E-state index in [1.54, 1.807) is 13.1 Å². The minimum absolute atomic E-state index is 0.0458. The first-order chi connectivity index (χ1) is 18.0. The van der Waals surface area contributed by atoms with Gasteiger partial charge in [0.15, 0.2) is 0 Å². The molecule has 9 heteroatoms. The lowest BCUT2D eigenvalue weighted by atomic mass is 9.82. The van der Waals surface area contributed by atoms with Crippen molar-refractivity contribution in [1.82, 2.24) is 34.7 Å². The van der Waals surface area contributed by atoms with Gasteiger partial charge in [-0.05, 0) is 67.1 Å². The van der Waals surface area contributed by atoms with Crippen molar-refractivity contribution in [2.45, 2.75) is 71.4 Å². The third-order valence-electron chi connectivity index (χ3n) is 7.42. The van der Waals surface area contributed by atoms with Crippen LogP contribution in [0.5, 0.6) is 0 Å². The first-order valence-electron chi connectivity index (χ1n) is 13.2.